The molecule has 1 N–H and O–H groups in total. The minimum Gasteiger partial charge on any atom is -0.486 e. The van der Waals surface area contributed by atoms with Crippen molar-refractivity contribution in [3.8, 4) is 11.5 Å². The number of fused-ring (bicyclic) bond motifs is 1. The molecular weight excluding hydrogens is 320 g/mol. The average Bonchev–Trinajstić information content (AvgIpc) is 2.80. The van der Waals surface area contributed by atoms with Crippen LogP contribution in [0.5, 0.6) is 11.5 Å². The van der Waals surface area contributed by atoms with Gasteiger partial charge in [-0.3, -0.25) is 4.90 Å². The van der Waals surface area contributed by atoms with Crippen LogP contribution in [0.25, 0.3) is 0 Å². The molecule has 0 unspecified atom stereocenters. The fourth-order valence-corrected chi connectivity index (χ4v) is 2.92. The van der Waals surface area contributed by atoms with Gasteiger partial charge in [-0.2, -0.15) is 0 Å². The van der Waals surface area contributed by atoms with Gasteiger partial charge in [0, 0.05) is 26.2 Å². The van der Waals surface area contributed by atoms with E-state index in [2.05, 4.69) is 5.32 Å². The number of carbonyl (C=O) groups is 1. The maximum absolute atomic E-state index is 12.5. The van der Waals surface area contributed by atoms with Crippen molar-refractivity contribution in [3.63, 3.8) is 0 Å². The van der Waals surface area contributed by atoms with Crippen LogP contribution in [-0.4, -0.2) is 68.2 Å². The molecule has 8 heteroatoms. The number of nitrogens with zero attached hydrogens (tertiary/aromatic N) is 2. The van der Waals surface area contributed by atoms with Gasteiger partial charge in [-0.15, -0.1) is 0 Å². The number of alkyl halides is 2. The summed E-state index contributed by atoms with van der Waals surface area (Å²) in [6.45, 7) is 2.66. The van der Waals surface area contributed by atoms with Crippen molar-refractivity contribution < 1.29 is 23.0 Å². The number of urea groups is 1. The molecule has 1 fully saturated rings. The third kappa shape index (κ3) is 4.05. The first-order valence-corrected chi connectivity index (χ1v) is 8.08. The second-order valence-corrected chi connectivity index (χ2v) is 5.79. The fourth-order valence-electron chi connectivity index (χ4n) is 2.92. The number of benzene rings is 1. The molecule has 0 radical (unpaired) electrons. The van der Waals surface area contributed by atoms with Crippen molar-refractivity contribution in [2.24, 2.45) is 0 Å². The van der Waals surface area contributed by atoms with Crippen LogP contribution in [0.4, 0.5) is 19.3 Å². The summed E-state index contributed by atoms with van der Waals surface area (Å²) >= 11 is 0. The van der Waals surface area contributed by atoms with E-state index in [0.717, 1.165) is 0 Å². The van der Waals surface area contributed by atoms with Crippen molar-refractivity contribution in [1.82, 2.24) is 9.80 Å². The van der Waals surface area contributed by atoms with Gasteiger partial charge in [-0.1, -0.05) is 6.07 Å². The summed E-state index contributed by atoms with van der Waals surface area (Å²) in [4.78, 5) is 15.8. The fraction of sp³-hybridized carbons (Fsp3) is 0.562. The minimum absolute atomic E-state index is 0.243. The smallest absolute Gasteiger partial charge is 0.321 e. The molecule has 6 nitrogen and oxygen atoms in total. The van der Waals surface area contributed by atoms with Gasteiger partial charge < -0.3 is 19.7 Å². The van der Waals surface area contributed by atoms with Crippen molar-refractivity contribution in [1.29, 1.82) is 0 Å². The number of amides is 2. The molecular formula is C16H21F2N3O3. The van der Waals surface area contributed by atoms with E-state index in [1.54, 1.807) is 28.0 Å². The van der Waals surface area contributed by atoms with Gasteiger partial charge >= 0.3 is 6.03 Å². The maximum atomic E-state index is 12.5. The number of hydrogen-bond donors (Lipinski definition) is 1. The van der Waals surface area contributed by atoms with Crippen molar-refractivity contribution >= 4 is 11.7 Å². The molecule has 0 aliphatic carbocycles. The first-order valence-electron chi connectivity index (χ1n) is 8.08. The number of halogens is 2. The summed E-state index contributed by atoms with van der Waals surface area (Å²) in [6.07, 6.45) is -1.68. The summed E-state index contributed by atoms with van der Waals surface area (Å²) in [6, 6.07) is 5.08. The van der Waals surface area contributed by atoms with Gasteiger partial charge in [-0.05, 0) is 18.6 Å². The van der Waals surface area contributed by atoms with Gasteiger partial charge in [0.1, 0.15) is 13.2 Å². The highest BCUT2D eigenvalue weighted by molar-refractivity contribution is 5.91. The Morgan fingerprint density at radius 2 is 2.00 bits per heavy atom. The molecule has 0 bridgehead atoms. The summed E-state index contributed by atoms with van der Waals surface area (Å²) in [5.74, 6) is 1.14. The number of para-hydroxylation sites is 1. The maximum Gasteiger partial charge on any atom is 0.321 e. The monoisotopic (exact) mass is 341 g/mol. The molecule has 1 aromatic carbocycles. The summed E-state index contributed by atoms with van der Waals surface area (Å²) in [5.41, 5.74) is 0.561. The van der Waals surface area contributed by atoms with Crippen LogP contribution < -0.4 is 14.8 Å². The van der Waals surface area contributed by atoms with Crippen LogP contribution in [0.2, 0.25) is 0 Å². The van der Waals surface area contributed by atoms with Gasteiger partial charge in [0.2, 0.25) is 0 Å². The molecule has 0 spiro atoms. The van der Waals surface area contributed by atoms with Crippen LogP contribution in [0.1, 0.15) is 6.42 Å². The molecule has 1 saturated heterocycles. The number of nitrogens with one attached hydrogen (secondary N) is 1. The molecule has 2 heterocycles. The number of ether oxygens (including phenoxy) is 2. The molecule has 2 aliphatic rings. The normalized spacial score (nSPS) is 18.4. The third-order valence-electron chi connectivity index (χ3n) is 4.08. The zero-order valence-corrected chi connectivity index (χ0v) is 13.3. The van der Waals surface area contributed by atoms with Crippen molar-refractivity contribution in [2.75, 3.05) is 51.3 Å². The highest BCUT2D eigenvalue weighted by Gasteiger charge is 2.23. The predicted molar refractivity (Wildman–Crippen MR) is 85.1 cm³/mol. The Morgan fingerprint density at radius 1 is 1.17 bits per heavy atom. The lowest BCUT2D eigenvalue weighted by Gasteiger charge is -2.24. The predicted octanol–water partition coefficient (Wildman–Crippen LogP) is 2.26. The highest BCUT2D eigenvalue weighted by Crippen LogP contribution is 2.37. The standard InChI is InChI=1S/C16H21F2N3O3/c17-14(18)11-20-5-2-6-21(8-7-20)16(22)19-12-3-1-4-13-15(12)24-10-9-23-13/h1,3-4,14H,2,5-11H2,(H,19,22). The summed E-state index contributed by atoms with van der Waals surface area (Å²) < 4.78 is 36.1. The first-order chi connectivity index (χ1) is 11.6. The highest BCUT2D eigenvalue weighted by atomic mass is 19.3. The quantitative estimate of drug-likeness (QED) is 0.916. The first kappa shape index (κ1) is 16.8. The van der Waals surface area contributed by atoms with Gasteiger partial charge in [0.25, 0.3) is 6.43 Å². The molecule has 3 rings (SSSR count). The van der Waals surface area contributed by atoms with E-state index in [4.69, 9.17) is 9.47 Å². The van der Waals surface area contributed by atoms with E-state index in [1.165, 1.54) is 0 Å². The lowest BCUT2D eigenvalue weighted by Crippen LogP contribution is -2.38. The lowest BCUT2D eigenvalue weighted by molar-refractivity contribution is 0.0905. The minimum atomic E-state index is -2.35. The number of anilines is 1. The van der Waals surface area contributed by atoms with Gasteiger partial charge in [-0.25, -0.2) is 13.6 Å². The largest absolute Gasteiger partial charge is 0.486 e. The topological polar surface area (TPSA) is 54.0 Å². The second kappa shape index (κ2) is 7.65. The molecule has 2 amide bonds. The Labute approximate surface area is 139 Å². The molecule has 24 heavy (non-hydrogen) atoms. The Kier molecular flexibility index (Phi) is 5.34. The third-order valence-corrected chi connectivity index (χ3v) is 4.08. The Balaban J connectivity index is 1.61. The van der Waals surface area contributed by atoms with Crippen LogP contribution >= 0.6 is 0 Å². The van der Waals surface area contributed by atoms with E-state index in [1.807, 2.05) is 0 Å². The van der Waals surface area contributed by atoms with E-state index in [9.17, 15) is 13.6 Å². The average molecular weight is 341 g/mol. The zero-order valence-electron chi connectivity index (χ0n) is 13.3. The zero-order chi connectivity index (χ0) is 16.9. The molecule has 132 valence electrons. The van der Waals surface area contributed by atoms with E-state index in [-0.39, 0.29) is 12.6 Å². The van der Waals surface area contributed by atoms with Crippen molar-refractivity contribution in [3.05, 3.63) is 18.2 Å². The van der Waals surface area contributed by atoms with Gasteiger partial charge in [0.05, 0.1) is 12.2 Å². The number of hydrogen-bond acceptors (Lipinski definition) is 4. The molecule has 0 atom stereocenters. The van der Waals surface area contributed by atoms with Crippen LogP contribution in [-0.2, 0) is 0 Å². The molecule has 0 saturated carbocycles. The SMILES string of the molecule is O=C(Nc1cccc2c1OCCO2)N1CCCN(CC(F)F)CC1. The van der Waals surface area contributed by atoms with Crippen LogP contribution in [0.3, 0.4) is 0 Å². The van der Waals surface area contributed by atoms with Crippen molar-refractivity contribution in [2.45, 2.75) is 12.8 Å². The Morgan fingerprint density at radius 3 is 2.83 bits per heavy atom. The summed E-state index contributed by atoms with van der Waals surface area (Å²) in [5, 5.41) is 2.84. The Bertz CT molecular complexity index is 586. The molecule has 1 aromatic rings. The number of rotatable bonds is 3. The van der Waals surface area contributed by atoms with Crippen LogP contribution in [0, 0.1) is 0 Å². The lowest BCUT2D eigenvalue weighted by atomic mass is 10.2. The Hall–Kier alpha value is -2.09. The van der Waals surface area contributed by atoms with Crippen LogP contribution in [0.15, 0.2) is 18.2 Å². The number of carbonyl (C=O) groups excluding carboxylic acids is 1. The summed E-state index contributed by atoms with van der Waals surface area (Å²) in [7, 11) is 0. The van der Waals surface area contributed by atoms with E-state index >= 15 is 0 Å². The van der Waals surface area contributed by atoms with E-state index < -0.39 is 6.43 Å². The van der Waals surface area contributed by atoms with Gasteiger partial charge in [0.15, 0.2) is 11.5 Å². The molecule has 0 aromatic heterocycles. The molecule has 2 aliphatic heterocycles. The second-order valence-electron chi connectivity index (χ2n) is 5.79. The van der Waals surface area contributed by atoms with E-state index in [0.29, 0.717) is 63.0 Å².